The Morgan fingerprint density at radius 1 is 1.22 bits per heavy atom. The van der Waals surface area contributed by atoms with E-state index in [9.17, 15) is 0 Å². The number of piperazine rings is 1. The minimum atomic E-state index is 0.590. The molecule has 0 aliphatic carbocycles. The third-order valence-electron chi connectivity index (χ3n) is 4.40. The molecule has 2 fully saturated rings. The summed E-state index contributed by atoms with van der Waals surface area (Å²) in [4.78, 5) is 15.8. The number of morpholine rings is 1. The Balaban J connectivity index is 1.61. The summed E-state index contributed by atoms with van der Waals surface area (Å²) >= 11 is 0. The zero-order chi connectivity index (χ0) is 16.1. The van der Waals surface area contributed by atoms with Crippen LogP contribution < -0.4 is 10.6 Å². The van der Waals surface area contributed by atoms with Gasteiger partial charge in [-0.1, -0.05) is 0 Å². The molecule has 0 radical (unpaired) electrons. The average molecular weight is 318 g/mol. The summed E-state index contributed by atoms with van der Waals surface area (Å²) < 4.78 is 5.33. The molecule has 2 saturated heterocycles. The first-order valence-corrected chi connectivity index (χ1v) is 8.23. The molecule has 1 aromatic rings. The summed E-state index contributed by atoms with van der Waals surface area (Å²) in [5, 5.41) is 0. The highest BCUT2D eigenvalue weighted by molar-refractivity contribution is 5.78. The fourth-order valence-corrected chi connectivity index (χ4v) is 2.83. The zero-order valence-corrected chi connectivity index (χ0v) is 13.8. The molecule has 1 aromatic heterocycles. The quantitative estimate of drug-likeness (QED) is 0.624. The fourth-order valence-electron chi connectivity index (χ4n) is 2.83. The van der Waals surface area contributed by atoms with Crippen LogP contribution in [0.3, 0.4) is 0 Å². The van der Waals surface area contributed by atoms with E-state index >= 15 is 0 Å². The third-order valence-corrected chi connectivity index (χ3v) is 4.40. The third kappa shape index (κ3) is 4.33. The number of nitrogens with two attached hydrogens (primary N) is 1. The molecule has 0 bridgehead atoms. The van der Waals surface area contributed by atoms with E-state index in [1.54, 1.807) is 0 Å². The lowest BCUT2D eigenvalue weighted by molar-refractivity contribution is 0.0674. The predicted octanol–water partition coefficient (Wildman–Crippen LogP) is -0.0197. The van der Waals surface area contributed by atoms with Crippen LogP contribution in [0.1, 0.15) is 5.56 Å². The number of aliphatic imine (C=N–C) groups is 1. The molecule has 0 aromatic carbocycles. The van der Waals surface area contributed by atoms with Crippen molar-refractivity contribution in [2.45, 2.75) is 6.54 Å². The molecule has 0 saturated carbocycles. The number of nitrogens with zero attached hydrogens (tertiary/aromatic N) is 5. The Kier molecular flexibility index (Phi) is 5.30. The second kappa shape index (κ2) is 7.61. The highest BCUT2D eigenvalue weighted by Gasteiger charge is 2.15. The molecular weight excluding hydrogens is 292 g/mol. The molecule has 0 spiro atoms. The lowest BCUT2D eigenvalue weighted by Crippen LogP contribution is -2.45. The molecule has 3 rings (SSSR count). The van der Waals surface area contributed by atoms with Crippen molar-refractivity contribution in [1.82, 2.24) is 14.8 Å². The van der Waals surface area contributed by atoms with Gasteiger partial charge in [0.1, 0.15) is 5.82 Å². The molecule has 3 heterocycles. The van der Waals surface area contributed by atoms with Crippen molar-refractivity contribution in [3.8, 4) is 0 Å². The second-order valence-electron chi connectivity index (χ2n) is 6.09. The van der Waals surface area contributed by atoms with Gasteiger partial charge < -0.3 is 25.2 Å². The van der Waals surface area contributed by atoms with E-state index in [4.69, 9.17) is 10.5 Å². The normalized spacial score (nSPS) is 20.8. The van der Waals surface area contributed by atoms with Crippen molar-refractivity contribution in [1.29, 1.82) is 0 Å². The molecule has 2 N–H and O–H groups in total. The molecule has 0 unspecified atom stereocenters. The molecule has 2 aliphatic heterocycles. The minimum absolute atomic E-state index is 0.590. The van der Waals surface area contributed by atoms with Crippen LogP contribution in [0.25, 0.3) is 0 Å². The summed E-state index contributed by atoms with van der Waals surface area (Å²) in [5.41, 5.74) is 7.22. The Hall–Kier alpha value is -1.86. The van der Waals surface area contributed by atoms with E-state index in [1.807, 2.05) is 12.3 Å². The summed E-state index contributed by atoms with van der Waals surface area (Å²) in [7, 11) is 2.16. The van der Waals surface area contributed by atoms with E-state index in [1.165, 1.54) is 0 Å². The van der Waals surface area contributed by atoms with Gasteiger partial charge in [-0.3, -0.25) is 0 Å². The van der Waals surface area contributed by atoms with Crippen LogP contribution >= 0.6 is 0 Å². The van der Waals surface area contributed by atoms with Gasteiger partial charge in [0.2, 0.25) is 0 Å². The second-order valence-corrected chi connectivity index (χ2v) is 6.09. The molecule has 23 heavy (non-hydrogen) atoms. The van der Waals surface area contributed by atoms with Crippen molar-refractivity contribution in [3.05, 3.63) is 23.9 Å². The monoisotopic (exact) mass is 318 g/mol. The number of guanidine groups is 1. The van der Waals surface area contributed by atoms with Crippen molar-refractivity contribution in [2.75, 3.05) is 64.4 Å². The van der Waals surface area contributed by atoms with Crippen molar-refractivity contribution < 1.29 is 4.74 Å². The summed E-state index contributed by atoms with van der Waals surface area (Å²) in [6.45, 7) is 7.86. The number of ether oxygens (including phenoxy) is 1. The molecular formula is C16H26N6O. The smallest absolute Gasteiger partial charge is 0.191 e. The van der Waals surface area contributed by atoms with Gasteiger partial charge in [0.05, 0.1) is 19.8 Å². The van der Waals surface area contributed by atoms with E-state index in [-0.39, 0.29) is 0 Å². The Morgan fingerprint density at radius 2 is 1.96 bits per heavy atom. The van der Waals surface area contributed by atoms with Crippen LogP contribution in [0, 0.1) is 0 Å². The summed E-state index contributed by atoms with van der Waals surface area (Å²) in [6, 6.07) is 4.14. The van der Waals surface area contributed by atoms with Gasteiger partial charge in [0.15, 0.2) is 5.96 Å². The zero-order valence-electron chi connectivity index (χ0n) is 13.8. The maximum atomic E-state index is 6.08. The number of hydrogen-bond acceptors (Lipinski definition) is 5. The number of aromatic nitrogens is 1. The molecule has 0 atom stereocenters. The fraction of sp³-hybridized carbons (Fsp3) is 0.625. The highest BCUT2D eigenvalue weighted by atomic mass is 16.5. The van der Waals surface area contributed by atoms with Gasteiger partial charge in [-0.15, -0.1) is 0 Å². The number of pyridine rings is 1. The summed E-state index contributed by atoms with van der Waals surface area (Å²) in [5.74, 6) is 1.64. The van der Waals surface area contributed by atoms with Crippen LogP contribution in [-0.2, 0) is 11.3 Å². The topological polar surface area (TPSA) is 70.2 Å². The maximum absolute atomic E-state index is 6.08. The largest absolute Gasteiger partial charge is 0.378 e. The maximum Gasteiger partial charge on any atom is 0.191 e. The van der Waals surface area contributed by atoms with Gasteiger partial charge in [-0.05, 0) is 24.7 Å². The molecule has 7 nitrogen and oxygen atoms in total. The van der Waals surface area contributed by atoms with Crippen molar-refractivity contribution >= 4 is 11.8 Å². The van der Waals surface area contributed by atoms with Crippen LogP contribution in [-0.4, -0.2) is 80.3 Å². The first-order valence-electron chi connectivity index (χ1n) is 8.23. The number of likely N-dealkylation sites (N-methyl/N-ethyl adjacent to an activating group) is 1. The van der Waals surface area contributed by atoms with Gasteiger partial charge in [-0.25, -0.2) is 9.98 Å². The standard InChI is InChI=1S/C16H26N6O/c1-20-4-6-21(7-5-20)15-12-14(2-3-18-15)13-19-16(17)22-8-10-23-11-9-22/h2-3,12H,4-11,13H2,1H3,(H2,17,19). The Morgan fingerprint density at radius 3 is 2.70 bits per heavy atom. The van der Waals surface area contributed by atoms with Crippen molar-refractivity contribution in [2.24, 2.45) is 10.7 Å². The van der Waals surface area contributed by atoms with Gasteiger partial charge in [0, 0.05) is 45.5 Å². The lowest BCUT2D eigenvalue weighted by Gasteiger charge is -2.33. The lowest BCUT2D eigenvalue weighted by atomic mass is 10.2. The van der Waals surface area contributed by atoms with Crippen molar-refractivity contribution in [3.63, 3.8) is 0 Å². The van der Waals surface area contributed by atoms with Gasteiger partial charge in [0.25, 0.3) is 0 Å². The van der Waals surface area contributed by atoms with Crippen LogP contribution in [0.2, 0.25) is 0 Å². The van der Waals surface area contributed by atoms with E-state index in [0.717, 1.165) is 63.9 Å². The van der Waals surface area contributed by atoms with Crippen LogP contribution in [0.5, 0.6) is 0 Å². The Labute approximate surface area is 137 Å². The van der Waals surface area contributed by atoms with Gasteiger partial charge in [-0.2, -0.15) is 0 Å². The predicted molar refractivity (Wildman–Crippen MR) is 91.7 cm³/mol. The first kappa shape index (κ1) is 16.0. The molecule has 2 aliphatic rings. The Bertz CT molecular complexity index is 535. The highest BCUT2D eigenvalue weighted by Crippen LogP contribution is 2.15. The number of rotatable bonds is 3. The first-order chi connectivity index (χ1) is 11.2. The average Bonchev–Trinajstić information content (AvgIpc) is 2.61. The molecule has 126 valence electrons. The number of hydrogen-bond donors (Lipinski definition) is 1. The summed E-state index contributed by atoms with van der Waals surface area (Å²) in [6.07, 6.45) is 1.86. The minimum Gasteiger partial charge on any atom is -0.378 e. The number of anilines is 1. The van der Waals surface area contributed by atoms with Crippen LogP contribution in [0.4, 0.5) is 5.82 Å². The SMILES string of the molecule is CN1CCN(c2cc(CN=C(N)N3CCOCC3)ccn2)CC1. The van der Waals surface area contributed by atoms with E-state index < -0.39 is 0 Å². The molecule has 7 heteroatoms. The molecule has 0 amide bonds. The van der Waals surface area contributed by atoms with Gasteiger partial charge >= 0.3 is 0 Å². The van der Waals surface area contributed by atoms with E-state index in [0.29, 0.717) is 12.5 Å². The van der Waals surface area contributed by atoms with E-state index in [2.05, 4.69) is 37.8 Å². The van der Waals surface area contributed by atoms with Crippen LogP contribution in [0.15, 0.2) is 23.3 Å².